The zero-order valence-corrected chi connectivity index (χ0v) is 6.86. The summed E-state index contributed by atoms with van der Waals surface area (Å²) < 4.78 is 1.73. The van der Waals surface area contributed by atoms with E-state index < -0.39 is 0 Å². The molecule has 1 aliphatic rings. The quantitative estimate of drug-likeness (QED) is 0.704. The van der Waals surface area contributed by atoms with E-state index in [1.807, 2.05) is 0 Å². The maximum absolute atomic E-state index is 11.3. The number of hydrogen-bond acceptors (Lipinski definition) is 2. The summed E-state index contributed by atoms with van der Waals surface area (Å²) in [6.45, 7) is 0.860. The lowest BCUT2D eigenvalue weighted by Gasteiger charge is -2.02. The average Bonchev–Trinajstić information content (AvgIpc) is 2.79. The molecule has 0 aromatic carbocycles. The van der Waals surface area contributed by atoms with Crippen LogP contribution in [-0.2, 0) is 6.54 Å². The molecule has 3 heteroatoms. The van der Waals surface area contributed by atoms with Crippen LogP contribution in [0.4, 0.5) is 5.69 Å². The molecule has 64 valence electrons. The van der Waals surface area contributed by atoms with Crippen molar-refractivity contribution in [3.63, 3.8) is 0 Å². The number of nitrogen functional groups attached to an aromatic ring is 1. The minimum atomic E-state index is 0.0156. The highest BCUT2D eigenvalue weighted by Crippen LogP contribution is 2.29. The van der Waals surface area contributed by atoms with E-state index in [4.69, 9.17) is 5.73 Å². The van der Waals surface area contributed by atoms with Crippen LogP contribution in [0, 0.1) is 5.92 Å². The van der Waals surface area contributed by atoms with Gasteiger partial charge < -0.3 is 10.3 Å². The summed E-state index contributed by atoms with van der Waals surface area (Å²) in [7, 11) is 0. The molecular formula is C9H12N2O. The van der Waals surface area contributed by atoms with E-state index in [9.17, 15) is 4.79 Å². The fourth-order valence-corrected chi connectivity index (χ4v) is 1.25. The molecule has 1 saturated carbocycles. The fourth-order valence-electron chi connectivity index (χ4n) is 1.25. The number of nitrogens with two attached hydrogens (primary N) is 1. The standard InChI is InChI=1S/C9H12N2O/c10-8-3-4-11(9(12)5-8)6-7-1-2-7/h3-5,7H,1-2,6,10H2. The minimum absolute atomic E-state index is 0.0156. The number of pyridine rings is 1. The Morgan fingerprint density at radius 3 is 2.92 bits per heavy atom. The third kappa shape index (κ3) is 1.49. The second-order valence-corrected chi connectivity index (χ2v) is 3.39. The van der Waals surface area contributed by atoms with E-state index in [2.05, 4.69) is 0 Å². The molecule has 0 bridgehead atoms. The second-order valence-electron chi connectivity index (χ2n) is 3.39. The molecule has 0 aliphatic heterocycles. The Morgan fingerprint density at radius 2 is 2.33 bits per heavy atom. The molecule has 3 nitrogen and oxygen atoms in total. The first-order valence-electron chi connectivity index (χ1n) is 4.21. The van der Waals surface area contributed by atoms with Crippen LogP contribution in [-0.4, -0.2) is 4.57 Å². The van der Waals surface area contributed by atoms with E-state index in [0.717, 1.165) is 12.5 Å². The zero-order chi connectivity index (χ0) is 8.55. The van der Waals surface area contributed by atoms with Crippen molar-refractivity contribution >= 4 is 5.69 Å². The third-order valence-electron chi connectivity index (χ3n) is 2.17. The average molecular weight is 164 g/mol. The van der Waals surface area contributed by atoms with Gasteiger partial charge in [0, 0.05) is 24.5 Å². The lowest BCUT2D eigenvalue weighted by Crippen LogP contribution is -2.19. The lowest BCUT2D eigenvalue weighted by molar-refractivity contribution is 0.607. The molecule has 0 spiro atoms. The molecule has 1 aromatic rings. The largest absolute Gasteiger partial charge is 0.399 e. The van der Waals surface area contributed by atoms with Crippen LogP contribution in [0.5, 0.6) is 0 Å². The summed E-state index contributed by atoms with van der Waals surface area (Å²) in [5, 5.41) is 0. The molecular weight excluding hydrogens is 152 g/mol. The summed E-state index contributed by atoms with van der Waals surface area (Å²) in [5.41, 5.74) is 6.02. The lowest BCUT2D eigenvalue weighted by atomic mass is 10.3. The van der Waals surface area contributed by atoms with Gasteiger partial charge in [-0.25, -0.2) is 0 Å². The van der Waals surface area contributed by atoms with Crippen LogP contribution in [0.15, 0.2) is 23.1 Å². The van der Waals surface area contributed by atoms with Crippen molar-refractivity contribution in [3.8, 4) is 0 Å². The van der Waals surface area contributed by atoms with Crippen molar-refractivity contribution < 1.29 is 0 Å². The van der Waals surface area contributed by atoms with Crippen molar-refractivity contribution in [1.29, 1.82) is 0 Å². The Hall–Kier alpha value is -1.25. The van der Waals surface area contributed by atoms with Gasteiger partial charge in [0.25, 0.3) is 5.56 Å². The van der Waals surface area contributed by atoms with Gasteiger partial charge in [-0.05, 0) is 24.8 Å². The monoisotopic (exact) mass is 164 g/mol. The Balaban J connectivity index is 2.24. The molecule has 1 heterocycles. The summed E-state index contributed by atoms with van der Waals surface area (Å²) in [6.07, 6.45) is 4.30. The highest BCUT2D eigenvalue weighted by atomic mass is 16.1. The third-order valence-corrected chi connectivity index (χ3v) is 2.17. The number of rotatable bonds is 2. The Labute approximate surface area is 70.8 Å². The van der Waals surface area contributed by atoms with E-state index in [0.29, 0.717) is 5.69 Å². The van der Waals surface area contributed by atoms with E-state index >= 15 is 0 Å². The van der Waals surface area contributed by atoms with Gasteiger partial charge in [-0.15, -0.1) is 0 Å². The highest BCUT2D eigenvalue weighted by Gasteiger charge is 2.21. The molecule has 2 rings (SSSR count). The normalized spacial score (nSPS) is 16.3. The Bertz CT molecular complexity index is 339. The van der Waals surface area contributed by atoms with Gasteiger partial charge in [0.1, 0.15) is 0 Å². The van der Waals surface area contributed by atoms with Crippen molar-refractivity contribution in [1.82, 2.24) is 4.57 Å². The molecule has 0 unspecified atom stereocenters. The van der Waals surface area contributed by atoms with E-state index in [1.165, 1.54) is 18.9 Å². The van der Waals surface area contributed by atoms with E-state index in [1.54, 1.807) is 16.8 Å². The predicted molar refractivity (Wildman–Crippen MR) is 47.8 cm³/mol. The molecule has 2 N–H and O–H groups in total. The summed E-state index contributed by atoms with van der Waals surface area (Å²) in [4.78, 5) is 11.3. The van der Waals surface area contributed by atoms with Gasteiger partial charge in [0.2, 0.25) is 0 Å². The van der Waals surface area contributed by atoms with Gasteiger partial charge in [0.15, 0.2) is 0 Å². The Kier molecular flexibility index (Phi) is 1.64. The highest BCUT2D eigenvalue weighted by molar-refractivity contribution is 5.34. The first-order valence-corrected chi connectivity index (χ1v) is 4.21. The van der Waals surface area contributed by atoms with Gasteiger partial charge >= 0.3 is 0 Å². The number of anilines is 1. The maximum Gasteiger partial charge on any atom is 0.252 e. The Morgan fingerprint density at radius 1 is 1.58 bits per heavy atom. The summed E-state index contributed by atoms with van der Waals surface area (Å²) in [5.74, 6) is 0.728. The fraction of sp³-hybridized carbons (Fsp3) is 0.444. The first kappa shape index (κ1) is 7.40. The topological polar surface area (TPSA) is 48.0 Å². The summed E-state index contributed by atoms with van der Waals surface area (Å²) in [6, 6.07) is 3.24. The van der Waals surface area contributed by atoms with Crippen molar-refractivity contribution in [3.05, 3.63) is 28.7 Å². The van der Waals surface area contributed by atoms with Crippen LogP contribution in [0.1, 0.15) is 12.8 Å². The number of hydrogen-bond donors (Lipinski definition) is 1. The molecule has 0 radical (unpaired) electrons. The van der Waals surface area contributed by atoms with E-state index in [-0.39, 0.29) is 5.56 Å². The molecule has 12 heavy (non-hydrogen) atoms. The molecule has 1 aliphatic carbocycles. The van der Waals surface area contributed by atoms with Crippen molar-refractivity contribution in [2.75, 3.05) is 5.73 Å². The van der Waals surface area contributed by atoms with Crippen molar-refractivity contribution in [2.24, 2.45) is 5.92 Å². The number of nitrogens with zero attached hydrogens (tertiary/aromatic N) is 1. The predicted octanol–water partition coefficient (Wildman–Crippen LogP) is 0.841. The van der Waals surface area contributed by atoms with Gasteiger partial charge in [0.05, 0.1) is 0 Å². The first-order chi connectivity index (χ1) is 5.75. The van der Waals surface area contributed by atoms with Crippen LogP contribution in [0.3, 0.4) is 0 Å². The zero-order valence-electron chi connectivity index (χ0n) is 6.86. The smallest absolute Gasteiger partial charge is 0.252 e. The second kappa shape index (κ2) is 2.66. The number of aromatic nitrogens is 1. The van der Waals surface area contributed by atoms with Gasteiger partial charge in [-0.2, -0.15) is 0 Å². The SMILES string of the molecule is Nc1ccn(CC2CC2)c(=O)c1. The van der Waals surface area contributed by atoms with Crippen LogP contribution in [0.2, 0.25) is 0 Å². The molecule has 0 amide bonds. The van der Waals surface area contributed by atoms with Crippen LogP contribution < -0.4 is 11.3 Å². The minimum Gasteiger partial charge on any atom is -0.399 e. The molecule has 0 atom stereocenters. The molecule has 1 aromatic heterocycles. The van der Waals surface area contributed by atoms with Crippen LogP contribution >= 0.6 is 0 Å². The van der Waals surface area contributed by atoms with Gasteiger partial charge in [-0.1, -0.05) is 0 Å². The summed E-state index contributed by atoms with van der Waals surface area (Å²) >= 11 is 0. The van der Waals surface area contributed by atoms with Gasteiger partial charge in [-0.3, -0.25) is 4.79 Å². The molecule has 0 saturated heterocycles. The maximum atomic E-state index is 11.3. The van der Waals surface area contributed by atoms with Crippen LogP contribution in [0.25, 0.3) is 0 Å². The molecule has 1 fully saturated rings. The van der Waals surface area contributed by atoms with Crippen molar-refractivity contribution in [2.45, 2.75) is 19.4 Å².